The highest BCUT2D eigenvalue weighted by Gasteiger charge is 2.19. The molecular weight excluding hydrogens is 320 g/mol. The Morgan fingerprint density at radius 3 is 2.68 bits per heavy atom. The normalized spacial score (nSPS) is 11.6. The van der Waals surface area contributed by atoms with Gasteiger partial charge in [0.05, 0.1) is 18.1 Å². The van der Waals surface area contributed by atoms with Crippen LogP contribution in [0.3, 0.4) is 0 Å². The molecule has 0 aliphatic rings. The minimum atomic E-state index is -0.249. The van der Waals surface area contributed by atoms with Gasteiger partial charge in [-0.15, -0.1) is 0 Å². The van der Waals surface area contributed by atoms with E-state index in [1.807, 2.05) is 20.8 Å². The van der Waals surface area contributed by atoms with Crippen molar-refractivity contribution in [2.75, 3.05) is 12.4 Å². The summed E-state index contributed by atoms with van der Waals surface area (Å²) in [6, 6.07) is 1.66. The van der Waals surface area contributed by atoms with Gasteiger partial charge in [-0.05, 0) is 26.8 Å². The lowest BCUT2D eigenvalue weighted by atomic mass is 10.1. The van der Waals surface area contributed by atoms with E-state index in [2.05, 4.69) is 25.3 Å². The SMILES string of the molecule is COc1ncncc1-c1nccc2c(=O)n(C)c(NC(C)(C)C)nc12. The van der Waals surface area contributed by atoms with Crippen LogP contribution in [0.5, 0.6) is 5.88 Å². The maximum Gasteiger partial charge on any atom is 0.262 e. The second kappa shape index (κ2) is 6.12. The van der Waals surface area contributed by atoms with Crippen LogP contribution in [0.15, 0.2) is 29.6 Å². The third-order valence-electron chi connectivity index (χ3n) is 3.61. The average Bonchev–Trinajstić information content (AvgIpc) is 2.58. The Morgan fingerprint density at radius 1 is 1.24 bits per heavy atom. The molecule has 0 spiro atoms. The quantitative estimate of drug-likeness (QED) is 0.779. The van der Waals surface area contributed by atoms with Crippen LogP contribution in [0.4, 0.5) is 5.95 Å². The third kappa shape index (κ3) is 3.15. The van der Waals surface area contributed by atoms with E-state index in [4.69, 9.17) is 4.74 Å². The van der Waals surface area contributed by atoms with Gasteiger partial charge in [0.15, 0.2) is 0 Å². The molecule has 0 atom stereocenters. The minimum Gasteiger partial charge on any atom is -0.480 e. The Bertz CT molecular complexity index is 991. The molecule has 25 heavy (non-hydrogen) atoms. The zero-order valence-electron chi connectivity index (χ0n) is 14.9. The predicted molar refractivity (Wildman–Crippen MR) is 95.7 cm³/mol. The van der Waals surface area contributed by atoms with Gasteiger partial charge < -0.3 is 10.1 Å². The van der Waals surface area contributed by atoms with E-state index in [9.17, 15) is 4.79 Å². The molecule has 8 nitrogen and oxygen atoms in total. The van der Waals surface area contributed by atoms with Gasteiger partial charge in [-0.1, -0.05) is 0 Å². The summed E-state index contributed by atoms with van der Waals surface area (Å²) in [5, 5.41) is 3.72. The Morgan fingerprint density at radius 2 is 2.00 bits per heavy atom. The van der Waals surface area contributed by atoms with Gasteiger partial charge in [0.1, 0.15) is 17.5 Å². The summed E-state index contributed by atoms with van der Waals surface area (Å²) in [6.45, 7) is 6.00. The first-order chi connectivity index (χ1) is 11.8. The Balaban J connectivity index is 2.33. The molecule has 3 aromatic heterocycles. The van der Waals surface area contributed by atoms with Gasteiger partial charge in [0.25, 0.3) is 5.56 Å². The molecule has 0 aliphatic carbocycles. The van der Waals surface area contributed by atoms with Crippen LogP contribution in [0.1, 0.15) is 20.8 Å². The van der Waals surface area contributed by atoms with Gasteiger partial charge >= 0.3 is 0 Å². The highest BCUT2D eigenvalue weighted by atomic mass is 16.5. The van der Waals surface area contributed by atoms with E-state index in [1.54, 1.807) is 25.5 Å². The summed E-state index contributed by atoms with van der Waals surface area (Å²) < 4.78 is 6.79. The average molecular weight is 340 g/mol. The second-order valence-corrected chi connectivity index (χ2v) is 6.68. The molecule has 0 bridgehead atoms. The summed E-state index contributed by atoms with van der Waals surface area (Å²) in [6.07, 6.45) is 4.57. The number of rotatable bonds is 3. The van der Waals surface area contributed by atoms with E-state index >= 15 is 0 Å². The van der Waals surface area contributed by atoms with Crippen LogP contribution < -0.4 is 15.6 Å². The highest BCUT2D eigenvalue weighted by Crippen LogP contribution is 2.29. The van der Waals surface area contributed by atoms with Gasteiger partial charge in [-0.25, -0.2) is 15.0 Å². The molecule has 3 rings (SSSR count). The van der Waals surface area contributed by atoms with Crippen molar-refractivity contribution < 1.29 is 4.74 Å². The van der Waals surface area contributed by atoms with E-state index < -0.39 is 0 Å². The number of methoxy groups -OCH3 is 1. The number of hydrogen-bond donors (Lipinski definition) is 1. The minimum absolute atomic E-state index is 0.156. The highest BCUT2D eigenvalue weighted by molar-refractivity contribution is 5.92. The zero-order valence-corrected chi connectivity index (χ0v) is 14.9. The van der Waals surface area contributed by atoms with Crippen molar-refractivity contribution >= 4 is 16.9 Å². The molecule has 0 aromatic carbocycles. The van der Waals surface area contributed by atoms with Crippen LogP contribution >= 0.6 is 0 Å². The lowest BCUT2D eigenvalue weighted by Crippen LogP contribution is -2.32. The van der Waals surface area contributed by atoms with Crippen LogP contribution in [-0.4, -0.2) is 37.2 Å². The van der Waals surface area contributed by atoms with Crippen LogP contribution in [0, 0.1) is 0 Å². The monoisotopic (exact) mass is 340 g/mol. The van der Waals surface area contributed by atoms with Crippen molar-refractivity contribution in [2.45, 2.75) is 26.3 Å². The number of fused-ring (bicyclic) bond motifs is 1. The molecule has 8 heteroatoms. The molecule has 0 saturated carbocycles. The van der Waals surface area contributed by atoms with Crippen molar-refractivity contribution in [1.82, 2.24) is 24.5 Å². The van der Waals surface area contributed by atoms with Crippen molar-refractivity contribution in [3.63, 3.8) is 0 Å². The van der Waals surface area contributed by atoms with Crippen molar-refractivity contribution in [1.29, 1.82) is 0 Å². The first-order valence-corrected chi connectivity index (χ1v) is 7.80. The van der Waals surface area contributed by atoms with Crippen molar-refractivity contribution in [2.24, 2.45) is 7.05 Å². The fraction of sp³-hybridized carbons (Fsp3) is 0.353. The summed E-state index contributed by atoms with van der Waals surface area (Å²) >= 11 is 0. The predicted octanol–water partition coefficient (Wildman–Crippen LogP) is 2.00. The molecule has 0 fully saturated rings. The van der Waals surface area contributed by atoms with Gasteiger partial charge in [-0.3, -0.25) is 14.3 Å². The first kappa shape index (κ1) is 16.8. The van der Waals surface area contributed by atoms with E-state index in [1.165, 1.54) is 18.0 Å². The smallest absolute Gasteiger partial charge is 0.262 e. The summed E-state index contributed by atoms with van der Waals surface area (Å²) in [5.41, 5.74) is 1.16. The number of pyridine rings is 1. The molecule has 0 saturated heterocycles. The van der Waals surface area contributed by atoms with Gasteiger partial charge in [-0.2, -0.15) is 0 Å². The van der Waals surface area contributed by atoms with E-state index in [0.29, 0.717) is 34.0 Å². The van der Waals surface area contributed by atoms with Crippen LogP contribution in [0.25, 0.3) is 22.2 Å². The third-order valence-corrected chi connectivity index (χ3v) is 3.61. The summed E-state index contributed by atoms with van der Waals surface area (Å²) in [4.78, 5) is 30.0. The zero-order chi connectivity index (χ0) is 18.2. The molecule has 0 radical (unpaired) electrons. The van der Waals surface area contributed by atoms with Crippen molar-refractivity contribution in [3.8, 4) is 17.1 Å². The topological polar surface area (TPSA) is 94.8 Å². The summed E-state index contributed by atoms with van der Waals surface area (Å²) in [5.74, 6) is 0.845. The second-order valence-electron chi connectivity index (χ2n) is 6.68. The number of nitrogens with one attached hydrogen (secondary N) is 1. The molecule has 0 amide bonds. The molecule has 0 aliphatic heterocycles. The number of aromatic nitrogens is 5. The molecule has 0 unspecified atom stereocenters. The standard InChI is InChI=1S/C17H20N6O2/c1-17(2,3)22-16-21-13-10(15(24)23(16)4)6-7-19-12(13)11-8-18-9-20-14(11)25-5/h6-9H,1-5H3,(H,21,22). The maximum atomic E-state index is 12.8. The molecular formula is C17H20N6O2. The number of ether oxygens (including phenoxy) is 1. The Hall–Kier alpha value is -3.03. The van der Waals surface area contributed by atoms with E-state index in [-0.39, 0.29) is 11.1 Å². The largest absolute Gasteiger partial charge is 0.480 e. The Labute approximate surface area is 144 Å². The molecule has 1 N–H and O–H groups in total. The lowest BCUT2D eigenvalue weighted by molar-refractivity contribution is 0.398. The first-order valence-electron chi connectivity index (χ1n) is 7.80. The van der Waals surface area contributed by atoms with Gasteiger partial charge in [0.2, 0.25) is 11.8 Å². The summed E-state index contributed by atoms with van der Waals surface area (Å²) in [7, 11) is 3.21. The van der Waals surface area contributed by atoms with Gasteiger partial charge in [0, 0.05) is 25.0 Å². The van der Waals surface area contributed by atoms with Crippen LogP contribution in [-0.2, 0) is 7.05 Å². The van der Waals surface area contributed by atoms with Crippen molar-refractivity contribution in [3.05, 3.63) is 35.1 Å². The fourth-order valence-corrected chi connectivity index (χ4v) is 2.49. The number of anilines is 1. The lowest BCUT2D eigenvalue weighted by Gasteiger charge is -2.23. The number of hydrogen-bond acceptors (Lipinski definition) is 7. The van der Waals surface area contributed by atoms with Crippen LogP contribution in [0.2, 0.25) is 0 Å². The molecule has 130 valence electrons. The Kier molecular flexibility index (Phi) is 4.12. The fourth-order valence-electron chi connectivity index (χ4n) is 2.49. The molecule has 3 aromatic rings. The van der Waals surface area contributed by atoms with E-state index in [0.717, 1.165) is 0 Å². The maximum absolute atomic E-state index is 12.8. The molecule has 3 heterocycles. The number of nitrogens with zero attached hydrogens (tertiary/aromatic N) is 5.